The Morgan fingerprint density at radius 2 is 1.51 bits per heavy atom. The smallest absolute Gasteiger partial charge is 0.243 e. The van der Waals surface area contributed by atoms with Crippen LogP contribution in [0.4, 0.5) is 0 Å². The first-order valence-electron chi connectivity index (χ1n) is 25.6. The van der Waals surface area contributed by atoms with Crippen molar-refractivity contribution in [1.29, 1.82) is 0 Å². The second kappa shape index (κ2) is 30.6. The molecule has 0 saturated carbocycles. The van der Waals surface area contributed by atoms with Crippen molar-refractivity contribution in [2.45, 2.75) is 141 Å². The van der Waals surface area contributed by atoms with Crippen molar-refractivity contribution >= 4 is 75.6 Å². The number of Topliss-reactive ketones (excluding diaryl/α,β-unsaturated/α-hetero) is 3. The Morgan fingerprint density at radius 1 is 0.797 bits per heavy atom. The molecular formula is C53H75N11O10. The molecule has 2 aromatic carbocycles. The van der Waals surface area contributed by atoms with Crippen LogP contribution < -0.4 is 49.1 Å². The molecule has 0 unspecified atom stereocenters. The molecule has 0 aliphatic carbocycles. The minimum absolute atomic E-state index is 0.00626. The van der Waals surface area contributed by atoms with Gasteiger partial charge in [-0.15, -0.1) is 0 Å². The lowest BCUT2D eigenvalue weighted by atomic mass is 9.81. The summed E-state index contributed by atoms with van der Waals surface area (Å²) in [6.07, 6.45) is 2.26. The van der Waals surface area contributed by atoms with E-state index in [1.807, 2.05) is 31.2 Å². The van der Waals surface area contributed by atoms with Gasteiger partial charge in [0.25, 0.3) is 0 Å². The number of H-pyrrole nitrogens is 1. The Bertz CT molecular complexity index is 2450. The van der Waals surface area contributed by atoms with Crippen LogP contribution in [-0.2, 0) is 60.8 Å². The Morgan fingerprint density at radius 3 is 2.20 bits per heavy atom. The summed E-state index contributed by atoms with van der Waals surface area (Å²) in [4.78, 5) is 144. The lowest BCUT2D eigenvalue weighted by Gasteiger charge is -2.27. The summed E-state index contributed by atoms with van der Waals surface area (Å²) in [7, 11) is 0. The summed E-state index contributed by atoms with van der Waals surface area (Å²) < 4.78 is 0. The van der Waals surface area contributed by atoms with Gasteiger partial charge in [-0.25, -0.2) is 0 Å². The average Bonchev–Trinajstić information content (AvgIpc) is 3.76. The summed E-state index contributed by atoms with van der Waals surface area (Å²) in [5.74, 6) is -8.96. The number of hydrogen-bond acceptors (Lipinski definition) is 11. The highest BCUT2D eigenvalue weighted by atomic mass is 16.2. The number of para-hydroxylation sites is 1. The summed E-state index contributed by atoms with van der Waals surface area (Å²) >= 11 is 0. The standard InChI is InChI=1S/C53H75N11O10/c1-4-5-17-41(61-33(3)66)50(72)63-43-20-21-48(70)58-25-22-36(46(68)30-37(49(54)71)27-38-31-60-40-18-10-9-16-39(38)40)28-45(67)35(15-11-24-59-53(55)56)29-47(69)44(26-34-13-7-6-8-14-34)64-51(73)42(62-52(43)74)19-12-23-57-32(2)65/h6-10,13-14,16,18,31,35-37,41-44,60H,4-5,11-12,15,17,19-30H2,1-3H3,(H2,54,71)(H,57,65)(H,58,70)(H,61,66)(H,62,74)(H,63,72)(H,64,73)(H4,55,56,59)/t35-,36-,37-,41+,42+,43+,44-/m1/s1. The van der Waals surface area contributed by atoms with Crippen LogP contribution in [0.1, 0.15) is 115 Å². The molecule has 1 fully saturated rings. The molecule has 2 heterocycles. The molecule has 1 aromatic heterocycles. The van der Waals surface area contributed by atoms with Crippen molar-refractivity contribution in [2.24, 2.45) is 39.9 Å². The lowest BCUT2D eigenvalue weighted by Crippen LogP contribution is -2.58. The van der Waals surface area contributed by atoms with E-state index in [1.54, 1.807) is 36.5 Å². The zero-order chi connectivity index (χ0) is 54.2. The van der Waals surface area contributed by atoms with Crippen LogP contribution in [0, 0.1) is 17.8 Å². The molecule has 74 heavy (non-hydrogen) atoms. The van der Waals surface area contributed by atoms with Gasteiger partial charge in [-0.1, -0.05) is 68.3 Å². The van der Waals surface area contributed by atoms with E-state index in [4.69, 9.17) is 17.2 Å². The minimum atomic E-state index is -1.41. The maximum atomic E-state index is 14.7. The quantitative estimate of drug-likeness (QED) is 0.0390. The third-order valence-electron chi connectivity index (χ3n) is 13.1. The Labute approximate surface area is 431 Å². The summed E-state index contributed by atoms with van der Waals surface area (Å²) in [6, 6.07) is 11.3. The topological polar surface area (TPSA) is 349 Å². The molecule has 0 radical (unpaired) electrons. The zero-order valence-electron chi connectivity index (χ0n) is 42.8. The Hall–Kier alpha value is -7.45. The molecule has 7 atom stereocenters. The number of guanidine groups is 1. The van der Waals surface area contributed by atoms with Gasteiger partial charge in [-0.05, 0) is 75.0 Å². The van der Waals surface area contributed by atoms with Gasteiger partial charge in [-0.2, -0.15) is 0 Å². The average molecular weight is 1030 g/mol. The number of nitrogens with zero attached hydrogens (tertiary/aromatic N) is 1. The van der Waals surface area contributed by atoms with Crippen LogP contribution in [0.15, 0.2) is 65.8 Å². The molecule has 7 amide bonds. The number of carbonyl (C=O) groups excluding carboxylic acids is 10. The predicted molar refractivity (Wildman–Crippen MR) is 278 cm³/mol. The number of aromatic nitrogens is 1. The number of amides is 7. The number of rotatable bonds is 22. The van der Waals surface area contributed by atoms with E-state index in [2.05, 4.69) is 41.9 Å². The molecule has 0 spiro atoms. The van der Waals surface area contributed by atoms with Crippen molar-refractivity contribution in [3.63, 3.8) is 0 Å². The maximum Gasteiger partial charge on any atom is 0.243 e. The molecule has 21 heteroatoms. The number of fused-ring (bicyclic) bond motifs is 1. The van der Waals surface area contributed by atoms with Gasteiger partial charge in [0.1, 0.15) is 29.7 Å². The van der Waals surface area contributed by atoms with Gasteiger partial charge in [-0.3, -0.25) is 52.9 Å². The van der Waals surface area contributed by atoms with E-state index in [1.165, 1.54) is 13.8 Å². The van der Waals surface area contributed by atoms with E-state index in [9.17, 15) is 47.9 Å². The van der Waals surface area contributed by atoms with Gasteiger partial charge in [0.2, 0.25) is 41.4 Å². The van der Waals surface area contributed by atoms with E-state index >= 15 is 0 Å². The zero-order valence-corrected chi connectivity index (χ0v) is 42.8. The predicted octanol–water partition coefficient (Wildman–Crippen LogP) is 1.58. The van der Waals surface area contributed by atoms with Crippen LogP contribution in [0.25, 0.3) is 10.9 Å². The van der Waals surface area contributed by atoms with Gasteiger partial charge < -0.3 is 54.1 Å². The highest BCUT2D eigenvalue weighted by Gasteiger charge is 2.35. The fraction of sp³-hybridized carbons (Fsp3) is 0.528. The van der Waals surface area contributed by atoms with E-state index in [0.717, 1.165) is 16.5 Å². The number of carbonyl (C=O) groups is 10. The molecule has 1 saturated heterocycles. The number of nitrogens with two attached hydrogens (primary N) is 3. The third kappa shape index (κ3) is 20.2. The van der Waals surface area contributed by atoms with E-state index < -0.39 is 94.7 Å². The fourth-order valence-corrected chi connectivity index (χ4v) is 9.04. The van der Waals surface area contributed by atoms with Gasteiger partial charge in [0.05, 0.1) is 6.04 Å². The fourth-order valence-electron chi connectivity index (χ4n) is 9.04. The van der Waals surface area contributed by atoms with Crippen LogP contribution in [0.5, 0.6) is 0 Å². The molecule has 13 N–H and O–H groups in total. The van der Waals surface area contributed by atoms with Crippen molar-refractivity contribution in [3.8, 4) is 0 Å². The van der Waals surface area contributed by atoms with Crippen LogP contribution in [0.2, 0.25) is 0 Å². The number of benzene rings is 2. The van der Waals surface area contributed by atoms with Crippen LogP contribution >= 0.6 is 0 Å². The second-order valence-corrected chi connectivity index (χ2v) is 19.1. The number of aliphatic imine (C=N–C) groups is 1. The molecule has 1 aliphatic heterocycles. The van der Waals surface area contributed by atoms with Crippen molar-refractivity contribution in [1.82, 2.24) is 36.9 Å². The number of unbranched alkanes of at least 4 members (excludes halogenated alkanes) is 1. The Balaban J connectivity index is 1.76. The van der Waals surface area contributed by atoms with E-state index in [-0.39, 0.29) is 115 Å². The molecule has 3 aromatic rings. The maximum absolute atomic E-state index is 14.7. The lowest BCUT2D eigenvalue weighted by molar-refractivity contribution is -0.135. The van der Waals surface area contributed by atoms with Crippen molar-refractivity contribution < 1.29 is 47.9 Å². The number of primary amides is 1. The van der Waals surface area contributed by atoms with Gasteiger partial charge in [0.15, 0.2) is 11.7 Å². The third-order valence-corrected chi connectivity index (χ3v) is 13.1. The van der Waals surface area contributed by atoms with Crippen molar-refractivity contribution in [3.05, 3.63) is 71.9 Å². The normalized spacial score (nSPS) is 20.3. The minimum Gasteiger partial charge on any atom is -0.370 e. The molecule has 21 nitrogen and oxygen atoms in total. The SMILES string of the molecule is CCCC[C@H](NC(C)=O)C(=O)N[C@H]1CCC(=O)NCC[C@@H](C(=O)C[C@@H](Cc2c[nH]c3ccccc23)C(N)=O)CC(=O)[C@H](CCCN=C(N)N)CC(=O)[C@@H](Cc2ccccc2)NC(=O)[C@H](CCCNC(C)=O)NC1=O. The number of hydrogen-bond donors (Lipinski definition) is 10. The highest BCUT2D eigenvalue weighted by molar-refractivity contribution is 5.98. The van der Waals surface area contributed by atoms with Gasteiger partial charge >= 0.3 is 0 Å². The Kier molecular flexibility index (Phi) is 24.4. The van der Waals surface area contributed by atoms with Crippen molar-refractivity contribution in [2.75, 3.05) is 19.6 Å². The van der Waals surface area contributed by atoms with E-state index in [0.29, 0.717) is 18.4 Å². The highest BCUT2D eigenvalue weighted by Crippen LogP contribution is 2.27. The number of nitrogens with one attached hydrogen (secondary N) is 7. The summed E-state index contributed by atoms with van der Waals surface area (Å²) in [6.45, 7) is 4.64. The van der Waals surface area contributed by atoms with Crippen LogP contribution in [0.3, 0.4) is 0 Å². The first-order valence-corrected chi connectivity index (χ1v) is 25.6. The first kappa shape index (κ1) is 59.1. The molecule has 1 aliphatic rings. The van der Waals surface area contributed by atoms with Crippen LogP contribution in [-0.4, -0.2) is 113 Å². The molecule has 4 rings (SSSR count). The molecule has 402 valence electrons. The largest absolute Gasteiger partial charge is 0.370 e. The number of ketones is 3. The molecule has 0 bridgehead atoms. The number of aromatic amines is 1. The monoisotopic (exact) mass is 1030 g/mol. The summed E-state index contributed by atoms with van der Waals surface area (Å²) in [5.41, 5.74) is 19.4. The first-order chi connectivity index (χ1) is 35.3. The van der Waals surface area contributed by atoms with Gasteiger partial charge in [0, 0.05) is 94.0 Å². The molecular weight excluding hydrogens is 951 g/mol. The summed E-state index contributed by atoms with van der Waals surface area (Å²) in [5, 5.41) is 17.1. The second-order valence-electron chi connectivity index (χ2n) is 19.1.